The molecule has 3 rings (SSSR count). The Kier molecular flexibility index (Phi) is 7.10. The molecule has 0 radical (unpaired) electrons. The molecule has 0 bridgehead atoms. The Bertz CT molecular complexity index is 999. The molecule has 1 saturated carbocycles. The molecule has 1 saturated heterocycles. The molecule has 1 N–H and O–H groups in total. The van der Waals surface area contributed by atoms with Crippen molar-refractivity contribution in [2.75, 3.05) is 39.3 Å². The van der Waals surface area contributed by atoms with Crippen LogP contribution in [0.15, 0.2) is 23.1 Å². The van der Waals surface area contributed by atoms with Crippen LogP contribution in [0.3, 0.4) is 0 Å². The topological polar surface area (TPSA) is 107 Å². The molecule has 168 valence electrons. The normalized spacial score (nSPS) is 18.7. The highest BCUT2D eigenvalue weighted by molar-refractivity contribution is 7.89. The van der Waals surface area contributed by atoms with Gasteiger partial charge in [0.25, 0.3) is 16.1 Å². The predicted molar refractivity (Wildman–Crippen MR) is 114 cm³/mol. The number of amides is 1. The fourth-order valence-electron chi connectivity index (χ4n) is 3.34. The van der Waals surface area contributed by atoms with Gasteiger partial charge in [0.15, 0.2) is 0 Å². The molecule has 1 aliphatic carbocycles. The first-order valence-corrected chi connectivity index (χ1v) is 13.2. The number of rotatable bonds is 8. The first-order chi connectivity index (χ1) is 14.1. The molecule has 0 atom stereocenters. The summed E-state index contributed by atoms with van der Waals surface area (Å²) in [6.45, 7) is 5.16. The number of hydrogen-bond acceptors (Lipinski definition) is 5. The molecule has 2 fully saturated rings. The number of nitrogens with one attached hydrogen (secondary N) is 1. The standard InChI is InChI=1S/C18H27ClN4O5S2/c1-3-22(4-2)30(27,28)23-11-9-21(10-12-23)18(24)14-5-8-16(19)17(13-14)29(25,26)20-15-6-7-15/h5,8,13,15,20H,3-4,6-7,9-12H2,1-2H3. The molecular formula is C18H27ClN4O5S2. The lowest BCUT2D eigenvalue weighted by molar-refractivity contribution is 0.0694. The van der Waals surface area contributed by atoms with E-state index in [1.807, 2.05) is 0 Å². The molecule has 30 heavy (non-hydrogen) atoms. The first kappa shape index (κ1) is 23.4. The molecule has 1 aliphatic heterocycles. The first-order valence-electron chi connectivity index (χ1n) is 9.96. The summed E-state index contributed by atoms with van der Waals surface area (Å²) >= 11 is 6.08. The van der Waals surface area contributed by atoms with Crippen molar-refractivity contribution < 1.29 is 21.6 Å². The van der Waals surface area contributed by atoms with E-state index in [2.05, 4.69) is 4.72 Å². The number of carbonyl (C=O) groups excluding carboxylic acids is 1. The van der Waals surface area contributed by atoms with E-state index in [1.165, 1.54) is 31.7 Å². The van der Waals surface area contributed by atoms with Crippen LogP contribution in [-0.4, -0.2) is 81.6 Å². The molecule has 12 heteroatoms. The van der Waals surface area contributed by atoms with Crippen LogP contribution in [0.5, 0.6) is 0 Å². The number of nitrogens with zero attached hydrogens (tertiary/aromatic N) is 3. The summed E-state index contributed by atoms with van der Waals surface area (Å²) in [4.78, 5) is 14.3. The van der Waals surface area contributed by atoms with E-state index in [-0.39, 0.29) is 53.6 Å². The van der Waals surface area contributed by atoms with Gasteiger partial charge in [-0.05, 0) is 31.0 Å². The second-order valence-corrected chi connectivity index (χ2v) is 11.3. The van der Waals surface area contributed by atoms with Crippen LogP contribution in [0.25, 0.3) is 0 Å². The van der Waals surface area contributed by atoms with Crippen LogP contribution < -0.4 is 4.72 Å². The second-order valence-electron chi connectivity index (χ2n) is 7.32. The monoisotopic (exact) mass is 478 g/mol. The van der Waals surface area contributed by atoms with E-state index in [0.717, 1.165) is 12.8 Å². The van der Waals surface area contributed by atoms with Crippen LogP contribution in [-0.2, 0) is 20.2 Å². The summed E-state index contributed by atoms with van der Waals surface area (Å²) in [5.41, 5.74) is 0.204. The lowest BCUT2D eigenvalue weighted by Gasteiger charge is -2.36. The fourth-order valence-corrected chi connectivity index (χ4v) is 6.78. The third kappa shape index (κ3) is 4.97. The molecule has 0 spiro atoms. The van der Waals surface area contributed by atoms with E-state index in [0.29, 0.717) is 13.1 Å². The smallest absolute Gasteiger partial charge is 0.282 e. The molecule has 2 aliphatic rings. The summed E-state index contributed by atoms with van der Waals surface area (Å²) in [5.74, 6) is -0.352. The van der Waals surface area contributed by atoms with Gasteiger partial charge in [0.05, 0.1) is 5.02 Å². The summed E-state index contributed by atoms with van der Waals surface area (Å²) < 4.78 is 55.7. The third-order valence-electron chi connectivity index (χ3n) is 5.25. The maximum Gasteiger partial charge on any atom is 0.282 e. The average Bonchev–Trinajstić information content (AvgIpc) is 3.52. The molecule has 1 aromatic rings. The second kappa shape index (κ2) is 9.09. The summed E-state index contributed by atoms with van der Waals surface area (Å²) in [6, 6.07) is 4.09. The van der Waals surface area contributed by atoms with Crippen molar-refractivity contribution in [2.45, 2.75) is 37.6 Å². The van der Waals surface area contributed by atoms with E-state index in [1.54, 1.807) is 13.8 Å². The van der Waals surface area contributed by atoms with E-state index in [9.17, 15) is 21.6 Å². The third-order valence-corrected chi connectivity index (χ3v) is 9.44. The quantitative estimate of drug-likeness (QED) is 0.602. The van der Waals surface area contributed by atoms with Crippen LogP contribution in [0.4, 0.5) is 0 Å². The molecule has 0 aromatic heterocycles. The number of hydrogen-bond donors (Lipinski definition) is 1. The molecular weight excluding hydrogens is 452 g/mol. The molecule has 1 heterocycles. The summed E-state index contributed by atoms with van der Waals surface area (Å²) in [7, 11) is -7.36. The SMILES string of the molecule is CCN(CC)S(=O)(=O)N1CCN(C(=O)c2ccc(Cl)c(S(=O)(=O)NC3CC3)c2)CC1. The largest absolute Gasteiger partial charge is 0.336 e. The number of carbonyl (C=O) groups is 1. The Morgan fingerprint density at radius 3 is 2.23 bits per heavy atom. The highest BCUT2D eigenvalue weighted by atomic mass is 35.5. The minimum absolute atomic E-state index is 0.0508. The highest BCUT2D eigenvalue weighted by Gasteiger charge is 2.33. The van der Waals surface area contributed by atoms with Crippen molar-refractivity contribution in [3.05, 3.63) is 28.8 Å². The lowest BCUT2D eigenvalue weighted by atomic mass is 10.2. The van der Waals surface area contributed by atoms with Gasteiger partial charge in [-0.25, -0.2) is 13.1 Å². The van der Waals surface area contributed by atoms with E-state index < -0.39 is 20.2 Å². The van der Waals surface area contributed by atoms with Gasteiger partial charge < -0.3 is 4.90 Å². The van der Waals surface area contributed by atoms with Crippen molar-refractivity contribution in [3.63, 3.8) is 0 Å². The van der Waals surface area contributed by atoms with Crippen molar-refractivity contribution in [1.29, 1.82) is 0 Å². The van der Waals surface area contributed by atoms with E-state index >= 15 is 0 Å². The number of halogens is 1. The minimum atomic E-state index is -3.80. The van der Waals surface area contributed by atoms with Gasteiger partial charge >= 0.3 is 0 Å². The Labute approximate surface area is 183 Å². The Morgan fingerprint density at radius 2 is 1.70 bits per heavy atom. The zero-order valence-corrected chi connectivity index (χ0v) is 19.4. The lowest BCUT2D eigenvalue weighted by Crippen LogP contribution is -2.54. The van der Waals surface area contributed by atoms with Crippen LogP contribution in [0, 0.1) is 0 Å². The predicted octanol–water partition coefficient (Wildman–Crippen LogP) is 1.13. The van der Waals surface area contributed by atoms with Gasteiger partial charge in [0, 0.05) is 50.9 Å². The fraction of sp³-hybridized carbons (Fsp3) is 0.611. The van der Waals surface area contributed by atoms with Gasteiger partial charge in [0.1, 0.15) is 4.90 Å². The number of piperazine rings is 1. The molecule has 1 amide bonds. The summed E-state index contributed by atoms with van der Waals surface area (Å²) in [6.07, 6.45) is 1.58. The highest BCUT2D eigenvalue weighted by Crippen LogP contribution is 2.27. The van der Waals surface area contributed by atoms with Crippen LogP contribution in [0.2, 0.25) is 5.02 Å². The van der Waals surface area contributed by atoms with Crippen molar-refractivity contribution in [3.8, 4) is 0 Å². The number of sulfonamides is 1. The van der Waals surface area contributed by atoms with Crippen molar-refractivity contribution in [2.24, 2.45) is 0 Å². The summed E-state index contributed by atoms with van der Waals surface area (Å²) in [5, 5.41) is 0.0508. The van der Waals surface area contributed by atoms with Gasteiger partial charge in [-0.1, -0.05) is 25.4 Å². The average molecular weight is 479 g/mol. The van der Waals surface area contributed by atoms with Crippen molar-refractivity contribution in [1.82, 2.24) is 18.2 Å². The van der Waals surface area contributed by atoms with Gasteiger partial charge in [-0.2, -0.15) is 17.0 Å². The Morgan fingerprint density at radius 1 is 1.10 bits per heavy atom. The Hall–Kier alpha value is -1.24. The number of benzene rings is 1. The minimum Gasteiger partial charge on any atom is -0.336 e. The maximum absolute atomic E-state index is 12.9. The zero-order chi connectivity index (χ0) is 22.1. The molecule has 9 nitrogen and oxygen atoms in total. The van der Waals surface area contributed by atoms with Gasteiger partial charge in [-0.3, -0.25) is 4.79 Å². The van der Waals surface area contributed by atoms with Gasteiger partial charge in [0.2, 0.25) is 10.0 Å². The van der Waals surface area contributed by atoms with E-state index in [4.69, 9.17) is 11.6 Å². The van der Waals surface area contributed by atoms with Crippen molar-refractivity contribution >= 4 is 37.7 Å². The van der Waals surface area contributed by atoms with Crippen LogP contribution in [0.1, 0.15) is 37.0 Å². The zero-order valence-electron chi connectivity index (χ0n) is 17.0. The molecule has 1 aromatic carbocycles. The molecule has 0 unspecified atom stereocenters. The van der Waals surface area contributed by atoms with Gasteiger partial charge in [-0.15, -0.1) is 0 Å². The Balaban J connectivity index is 1.72. The maximum atomic E-state index is 12.9. The van der Waals surface area contributed by atoms with Crippen LogP contribution >= 0.6 is 11.6 Å².